The van der Waals surface area contributed by atoms with Gasteiger partial charge in [-0.1, -0.05) is 24.3 Å². The highest BCUT2D eigenvalue weighted by Crippen LogP contribution is 2.15. The maximum absolute atomic E-state index is 12.3. The predicted molar refractivity (Wildman–Crippen MR) is 85.3 cm³/mol. The molecule has 0 radical (unpaired) electrons. The van der Waals surface area contributed by atoms with Crippen molar-refractivity contribution >= 4 is 5.91 Å². The molecule has 7 heteroatoms. The number of nitrogens with zero attached hydrogens (tertiary/aromatic N) is 3. The number of carbonyl (C=O) groups is 1. The van der Waals surface area contributed by atoms with Crippen LogP contribution in [-0.2, 0) is 0 Å². The Morgan fingerprint density at radius 2 is 2.35 bits per heavy atom. The molecule has 2 atom stereocenters. The van der Waals surface area contributed by atoms with Crippen LogP contribution in [0, 0.1) is 5.92 Å². The zero-order valence-electron chi connectivity index (χ0n) is 12.6. The second kappa shape index (κ2) is 6.43. The molecule has 0 saturated heterocycles. The highest BCUT2D eigenvalue weighted by molar-refractivity contribution is 5.93. The van der Waals surface area contributed by atoms with E-state index >= 15 is 0 Å². The molecule has 0 aliphatic heterocycles. The van der Waals surface area contributed by atoms with Gasteiger partial charge in [-0.2, -0.15) is 5.10 Å². The molecule has 0 bridgehead atoms. The van der Waals surface area contributed by atoms with Crippen molar-refractivity contribution in [1.82, 2.24) is 25.1 Å². The number of rotatable bonds is 4. The fraction of sp³-hybridized carbons (Fsp3) is 0.250. The van der Waals surface area contributed by atoms with Gasteiger partial charge in [-0.15, -0.1) is 0 Å². The van der Waals surface area contributed by atoms with Gasteiger partial charge in [0.2, 0.25) is 5.95 Å². The van der Waals surface area contributed by atoms with Crippen LogP contribution in [-0.4, -0.2) is 31.7 Å². The molecular formula is C16H17N5O2. The molecule has 1 aliphatic carbocycles. The number of aromatic amines is 1. The molecule has 2 N–H and O–H groups in total. The van der Waals surface area contributed by atoms with Crippen LogP contribution in [0.4, 0.5) is 0 Å². The van der Waals surface area contributed by atoms with Gasteiger partial charge in [0.15, 0.2) is 0 Å². The molecular weight excluding hydrogens is 294 g/mol. The summed E-state index contributed by atoms with van der Waals surface area (Å²) < 4.78 is 1.42. The molecule has 2 aromatic rings. The average molecular weight is 311 g/mol. The maximum atomic E-state index is 12.3. The number of H-pyrrole nitrogens is 1. The van der Waals surface area contributed by atoms with Gasteiger partial charge in [0.1, 0.15) is 5.56 Å². The molecule has 2 heterocycles. The first-order valence-electron chi connectivity index (χ1n) is 7.38. The van der Waals surface area contributed by atoms with Gasteiger partial charge < -0.3 is 5.32 Å². The van der Waals surface area contributed by atoms with Gasteiger partial charge in [0.05, 0.1) is 0 Å². The van der Waals surface area contributed by atoms with Gasteiger partial charge in [-0.3, -0.25) is 14.6 Å². The summed E-state index contributed by atoms with van der Waals surface area (Å²) in [6.45, 7) is 1.92. The fourth-order valence-corrected chi connectivity index (χ4v) is 2.42. The maximum Gasteiger partial charge on any atom is 0.265 e. The van der Waals surface area contributed by atoms with E-state index in [1.54, 1.807) is 18.5 Å². The van der Waals surface area contributed by atoms with Crippen molar-refractivity contribution in [2.24, 2.45) is 5.92 Å². The SMILES string of the molecule is C[C@@H](NC(=O)c1cnc(-n2cccn2)[nH]c1=O)C1C=CC=CC1. The third-order valence-electron chi connectivity index (χ3n) is 3.77. The zero-order chi connectivity index (χ0) is 16.2. The van der Waals surface area contributed by atoms with E-state index < -0.39 is 11.5 Å². The van der Waals surface area contributed by atoms with Gasteiger partial charge >= 0.3 is 0 Å². The number of nitrogens with one attached hydrogen (secondary N) is 2. The van der Waals surface area contributed by atoms with Crippen LogP contribution in [0.3, 0.4) is 0 Å². The lowest BCUT2D eigenvalue weighted by molar-refractivity contribution is 0.0930. The lowest BCUT2D eigenvalue weighted by Crippen LogP contribution is -2.40. The summed E-state index contributed by atoms with van der Waals surface area (Å²) in [7, 11) is 0. The van der Waals surface area contributed by atoms with Crippen molar-refractivity contribution in [3.63, 3.8) is 0 Å². The van der Waals surface area contributed by atoms with Crippen molar-refractivity contribution in [1.29, 1.82) is 0 Å². The summed E-state index contributed by atoms with van der Waals surface area (Å²) in [5.41, 5.74) is -0.502. The van der Waals surface area contributed by atoms with Crippen molar-refractivity contribution in [3.8, 4) is 5.95 Å². The first-order valence-corrected chi connectivity index (χ1v) is 7.38. The van der Waals surface area contributed by atoms with E-state index in [1.807, 2.05) is 25.2 Å². The Kier molecular flexibility index (Phi) is 4.18. The Hall–Kier alpha value is -2.96. The zero-order valence-corrected chi connectivity index (χ0v) is 12.6. The predicted octanol–water partition coefficient (Wildman–Crippen LogP) is 1.21. The minimum absolute atomic E-state index is 0.0110. The monoisotopic (exact) mass is 311 g/mol. The van der Waals surface area contributed by atoms with Gasteiger partial charge in [-0.05, 0) is 19.4 Å². The number of aromatic nitrogens is 4. The Labute approximate surface area is 132 Å². The third-order valence-corrected chi connectivity index (χ3v) is 3.77. The topological polar surface area (TPSA) is 92.7 Å². The second-order valence-electron chi connectivity index (χ2n) is 5.37. The lowest BCUT2D eigenvalue weighted by Gasteiger charge is -2.22. The van der Waals surface area contributed by atoms with E-state index in [4.69, 9.17) is 0 Å². The molecule has 118 valence electrons. The number of hydrogen-bond acceptors (Lipinski definition) is 4. The summed E-state index contributed by atoms with van der Waals surface area (Å²) in [5, 5.41) is 6.84. The molecule has 7 nitrogen and oxygen atoms in total. The molecule has 0 spiro atoms. The van der Waals surface area contributed by atoms with Gasteiger partial charge in [0.25, 0.3) is 11.5 Å². The first kappa shape index (κ1) is 15.0. The summed E-state index contributed by atoms with van der Waals surface area (Å²) in [5.74, 6) is 0.0607. The summed E-state index contributed by atoms with van der Waals surface area (Å²) in [4.78, 5) is 31.0. The largest absolute Gasteiger partial charge is 0.349 e. The van der Waals surface area contributed by atoms with Crippen molar-refractivity contribution in [2.75, 3.05) is 0 Å². The number of allylic oxidation sites excluding steroid dienone is 3. The van der Waals surface area contributed by atoms with E-state index in [0.717, 1.165) is 6.42 Å². The van der Waals surface area contributed by atoms with Gasteiger partial charge in [0, 0.05) is 30.6 Å². The van der Waals surface area contributed by atoms with Crippen molar-refractivity contribution in [3.05, 3.63) is 64.9 Å². The van der Waals surface area contributed by atoms with Crippen LogP contribution in [0.25, 0.3) is 5.95 Å². The molecule has 2 aromatic heterocycles. The Morgan fingerprint density at radius 3 is 3.00 bits per heavy atom. The van der Waals surface area contributed by atoms with Crippen LogP contribution in [0.1, 0.15) is 23.7 Å². The summed E-state index contributed by atoms with van der Waals surface area (Å²) in [6, 6.07) is 1.64. The molecule has 0 aromatic carbocycles. The van der Waals surface area contributed by atoms with E-state index in [0.29, 0.717) is 0 Å². The highest BCUT2D eigenvalue weighted by atomic mass is 16.2. The number of hydrogen-bond donors (Lipinski definition) is 2. The van der Waals surface area contributed by atoms with Gasteiger partial charge in [-0.25, -0.2) is 9.67 Å². The Bertz CT molecular complexity index is 804. The van der Waals surface area contributed by atoms with Crippen LogP contribution in [0.5, 0.6) is 0 Å². The quantitative estimate of drug-likeness (QED) is 0.887. The van der Waals surface area contributed by atoms with Crippen LogP contribution in [0.15, 0.2) is 53.8 Å². The van der Waals surface area contributed by atoms with E-state index in [-0.39, 0.29) is 23.5 Å². The molecule has 3 rings (SSSR count). The van der Waals surface area contributed by atoms with E-state index in [9.17, 15) is 9.59 Å². The lowest BCUT2D eigenvalue weighted by atomic mass is 9.94. The summed E-state index contributed by atoms with van der Waals surface area (Å²) in [6.07, 6.45) is 13.4. The Balaban J connectivity index is 1.73. The minimum Gasteiger partial charge on any atom is -0.349 e. The molecule has 0 fully saturated rings. The second-order valence-corrected chi connectivity index (χ2v) is 5.37. The molecule has 0 saturated carbocycles. The first-order chi connectivity index (χ1) is 11.1. The molecule has 23 heavy (non-hydrogen) atoms. The number of carbonyl (C=O) groups excluding carboxylic acids is 1. The molecule has 1 aliphatic rings. The fourth-order valence-electron chi connectivity index (χ4n) is 2.42. The Morgan fingerprint density at radius 1 is 1.48 bits per heavy atom. The standard InChI is InChI=1S/C16H17N5O2/c1-11(12-6-3-2-4-7-12)19-14(22)13-10-17-16(20-15(13)23)21-9-5-8-18-21/h2-6,8-12H,7H2,1H3,(H,19,22)(H,17,20,23)/t11-,12?/m1/s1. The minimum atomic E-state index is -0.491. The molecule has 1 amide bonds. The molecule has 1 unspecified atom stereocenters. The smallest absolute Gasteiger partial charge is 0.265 e. The van der Waals surface area contributed by atoms with Crippen LogP contribution < -0.4 is 10.9 Å². The highest BCUT2D eigenvalue weighted by Gasteiger charge is 2.19. The average Bonchev–Trinajstić information content (AvgIpc) is 3.10. The van der Waals surface area contributed by atoms with Crippen LogP contribution >= 0.6 is 0 Å². The normalized spacial score (nSPS) is 17.9. The van der Waals surface area contributed by atoms with E-state index in [2.05, 4.69) is 26.5 Å². The van der Waals surface area contributed by atoms with E-state index in [1.165, 1.54) is 10.9 Å². The van der Waals surface area contributed by atoms with Crippen molar-refractivity contribution in [2.45, 2.75) is 19.4 Å². The third kappa shape index (κ3) is 3.28. The van der Waals surface area contributed by atoms with Crippen molar-refractivity contribution < 1.29 is 4.79 Å². The number of amides is 1. The van der Waals surface area contributed by atoms with Crippen LogP contribution in [0.2, 0.25) is 0 Å². The summed E-state index contributed by atoms with van der Waals surface area (Å²) >= 11 is 0.